The van der Waals surface area contributed by atoms with Crippen LogP contribution in [-0.4, -0.2) is 38.1 Å². The van der Waals surface area contributed by atoms with E-state index in [1.54, 1.807) is 17.7 Å². The summed E-state index contributed by atoms with van der Waals surface area (Å²) in [6, 6.07) is 1.73. The van der Waals surface area contributed by atoms with E-state index in [1.165, 1.54) is 50.7 Å². The maximum absolute atomic E-state index is 13.4. The lowest BCUT2D eigenvalue weighted by molar-refractivity contribution is -0.123. The largest absolute Gasteiger partial charge is 0.507 e. The highest BCUT2D eigenvalue weighted by molar-refractivity contribution is 7.14. The van der Waals surface area contributed by atoms with Crippen molar-refractivity contribution in [2.45, 2.75) is 26.2 Å². The summed E-state index contributed by atoms with van der Waals surface area (Å²) in [4.78, 5) is 29.9. The van der Waals surface area contributed by atoms with Gasteiger partial charge in [0.2, 0.25) is 5.13 Å². The quantitative estimate of drug-likeness (QED) is 0.234. The number of ether oxygens (including phenoxy) is 1. The van der Waals surface area contributed by atoms with Gasteiger partial charge < -0.3 is 24.5 Å². The molecule has 4 N–H and O–H groups in total. The Bertz CT molecular complexity index is 1500. The summed E-state index contributed by atoms with van der Waals surface area (Å²) in [5.74, 6) is -2.41. The Balaban J connectivity index is 1.61. The van der Waals surface area contributed by atoms with Crippen LogP contribution in [0.15, 0.2) is 56.7 Å². The summed E-state index contributed by atoms with van der Waals surface area (Å²) >= 11 is 1.21. The van der Waals surface area contributed by atoms with Crippen LogP contribution in [0.3, 0.4) is 0 Å². The number of rotatable bonds is 5. The fourth-order valence-corrected chi connectivity index (χ4v) is 4.87. The topological polar surface area (TPSA) is 154 Å². The molecule has 0 unspecified atom stereocenters. The molecule has 2 aliphatic rings. The summed E-state index contributed by atoms with van der Waals surface area (Å²) in [5.41, 5.74) is 2.26. The zero-order chi connectivity index (χ0) is 25.1. The Labute approximate surface area is 202 Å². The summed E-state index contributed by atoms with van der Waals surface area (Å²) in [5, 5.41) is 38.3. The molecule has 0 saturated heterocycles. The molecule has 1 aliphatic heterocycles. The summed E-state index contributed by atoms with van der Waals surface area (Å²) in [7, 11) is 0. The predicted molar refractivity (Wildman–Crippen MR) is 127 cm³/mol. The van der Waals surface area contributed by atoms with E-state index in [1.807, 2.05) is 0 Å². The zero-order valence-electron chi connectivity index (χ0n) is 18.7. The van der Waals surface area contributed by atoms with Crippen molar-refractivity contribution in [1.82, 2.24) is 4.98 Å². The van der Waals surface area contributed by atoms with Gasteiger partial charge in [0, 0.05) is 22.6 Å². The third-order valence-corrected chi connectivity index (χ3v) is 6.82. The van der Waals surface area contributed by atoms with E-state index in [-0.39, 0.29) is 45.3 Å². The number of nitrogens with one attached hydrogen (secondary N) is 1. The monoisotopic (exact) mass is 493 g/mol. The third-order valence-electron chi connectivity index (χ3n) is 6.08. The Hall–Kier alpha value is -4.38. The number of carbonyl (C=O) groups excluding carboxylic acids is 2. The van der Waals surface area contributed by atoms with Crippen LogP contribution < -0.4 is 10.2 Å². The van der Waals surface area contributed by atoms with Crippen LogP contribution in [0.4, 0.5) is 5.13 Å². The van der Waals surface area contributed by atoms with Crippen LogP contribution in [0.1, 0.15) is 30.5 Å². The Morgan fingerprint density at radius 3 is 2.74 bits per heavy atom. The van der Waals surface area contributed by atoms with Crippen molar-refractivity contribution in [3.63, 3.8) is 0 Å². The van der Waals surface area contributed by atoms with E-state index in [9.17, 15) is 24.9 Å². The Morgan fingerprint density at radius 2 is 2.06 bits per heavy atom. The van der Waals surface area contributed by atoms with Gasteiger partial charge in [-0.15, -0.1) is 11.3 Å². The van der Waals surface area contributed by atoms with Crippen molar-refractivity contribution in [3.8, 4) is 28.5 Å². The molecule has 0 bridgehead atoms. The Kier molecular flexibility index (Phi) is 5.02. The van der Waals surface area contributed by atoms with Gasteiger partial charge in [0.05, 0.1) is 35.6 Å². The minimum Gasteiger partial charge on any atom is -0.507 e. The molecule has 0 radical (unpaired) electrons. The molecule has 10 nitrogen and oxygen atoms in total. The molecular weight excluding hydrogens is 474 g/mol. The van der Waals surface area contributed by atoms with Gasteiger partial charge in [0.15, 0.2) is 11.6 Å². The highest BCUT2D eigenvalue weighted by atomic mass is 32.1. The number of carbonyl (C=O) groups is 2. The van der Waals surface area contributed by atoms with E-state index in [0.29, 0.717) is 10.8 Å². The molecule has 1 atom stereocenters. The van der Waals surface area contributed by atoms with Crippen LogP contribution in [0, 0.1) is 6.92 Å². The second-order valence-electron chi connectivity index (χ2n) is 8.25. The van der Waals surface area contributed by atoms with E-state index in [0.717, 1.165) is 5.56 Å². The SMILES string of the molecule is CC(=O)C1=C(O)C=C2Oc3c(-c4csc(N/N=C/c5ccoc5)n4)c(O)c(C)c(O)c3[C@@]2(C)C1=O. The van der Waals surface area contributed by atoms with Gasteiger partial charge in [-0.2, -0.15) is 5.10 Å². The molecule has 2 aromatic heterocycles. The first-order valence-electron chi connectivity index (χ1n) is 10.4. The fraction of sp³-hybridized carbons (Fsp3) is 0.167. The van der Waals surface area contributed by atoms with Gasteiger partial charge in [-0.3, -0.25) is 15.0 Å². The molecule has 11 heteroatoms. The molecule has 3 heterocycles. The number of aliphatic hydroxyl groups is 1. The number of phenolic OH excluding ortho intramolecular Hbond substituents is 2. The second kappa shape index (κ2) is 7.84. The molecule has 3 aromatic rings. The first-order valence-corrected chi connectivity index (χ1v) is 11.3. The molecule has 35 heavy (non-hydrogen) atoms. The first-order chi connectivity index (χ1) is 16.6. The maximum Gasteiger partial charge on any atom is 0.203 e. The number of anilines is 1. The lowest BCUT2D eigenvalue weighted by Crippen LogP contribution is -2.38. The number of hydrogen-bond acceptors (Lipinski definition) is 11. The van der Waals surface area contributed by atoms with Crippen molar-refractivity contribution in [3.05, 3.63) is 63.8 Å². The number of fused-ring (bicyclic) bond motifs is 3. The van der Waals surface area contributed by atoms with Gasteiger partial charge >= 0.3 is 0 Å². The molecule has 0 fully saturated rings. The van der Waals surface area contributed by atoms with Crippen LogP contribution in [0.25, 0.3) is 11.3 Å². The standard InChI is InChI=1S/C24H19N3O7S/c1-10-19(30)17(13-9-35-23(26-13)27-25-7-12-4-5-33-8-12)21-18(20(10)31)24(3)15(34-21)6-14(29)16(11(2)28)22(24)32/h4-9,29-31H,1-3H3,(H,26,27)/b25-7+/t24-/m0/s1. The van der Waals surface area contributed by atoms with Gasteiger partial charge in [-0.25, -0.2) is 4.98 Å². The van der Waals surface area contributed by atoms with E-state index in [2.05, 4.69) is 15.5 Å². The van der Waals surface area contributed by atoms with E-state index in [4.69, 9.17) is 9.15 Å². The normalized spacial score (nSPS) is 18.9. The minimum atomic E-state index is -1.58. The second-order valence-corrected chi connectivity index (χ2v) is 9.11. The molecular formula is C24H19N3O7S. The highest BCUT2D eigenvalue weighted by Crippen LogP contribution is 2.60. The molecule has 0 amide bonds. The number of hydrogen-bond donors (Lipinski definition) is 4. The van der Waals surface area contributed by atoms with Crippen LogP contribution in [0.5, 0.6) is 17.2 Å². The molecule has 1 aromatic carbocycles. The fourth-order valence-electron chi connectivity index (χ4n) is 4.22. The lowest BCUT2D eigenvalue weighted by Gasteiger charge is -2.28. The Morgan fingerprint density at radius 1 is 1.29 bits per heavy atom. The van der Waals surface area contributed by atoms with Crippen LogP contribution >= 0.6 is 11.3 Å². The average molecular weight is 493 g/mol. The van der Waals surface area contributed by atoms with Crippen molar-refractivity contribution < 1.29 is 34.1 Å². The first kappa shape index (κ1) is 22.4. The maximum atomic E-state index is 13.4. The molecule has 1 aliphatic carbocycles. The summed E-state index contributed by atoms with van der Waals surface area (Å²) in [6.45, 7) is 4.17. The minimum absolute atomic E-state index is 0.0176. The number of phenols is 2. The number of thiazole rings is 1. The van der Waals surface area contributed by atoms with Crippen LogP contribution in [0.2, 0.25) is 0 Å². The number of ketones is 2. The van der Waals surface area contributed by atoms with E-state index >= 15 is 0 Å². The smallest absolute Gasteiger partial charge is 0.203 e. The lowest BCUT2D eigenvalue weighted by atomic mass is 9.71. The molecule has 0 saturated carbocycles. The van der Waals surface area contributed by atoms with Crippen molar-refractivity contribution in [2.24, 2.45) is 5.10 Å². The number of allylic oxidation sites excluding steroid dienone is 3. The number of furan rings is 1. The third kappa shape index (κ3) is 3.23. The van der Waals surface area contributed by atoms with Crippen molar-refractivity contribution >= 4 is 34.2 Å². The number of hydrazone groups is 1. The number of aromatic hydroxyl groups is 2. The zero-order valence-corrected chi connectivity index (χ0v) is 19.6. The van der Waals surface area contributed by atoms with Crippen molar-refractivity contribution in [2.75, 3.05) is 5.43 Å². The number of nitrogens with zero attached hydrogens (tertiary/aromatic N) is 2. The number of Topliss-reactive ketones (excluding diaryl/α,β-unsaturated/α-hetero) is 2. The number of aliphatic hydroxyl groups excluding tert-OH is 1. The van der Waals surface area contributed by atoms with Crippen molar-refractivity contribution in [1.29, 1.82) is 0 Å². The average Bonchev–Trinajstić information content (AvgIpc) is 3.53. The molecule has 0 spiro atoms. The highest BCUT2D eigenvalue weighted by Gasteiger charge is 2.55. The number of aromatic nitrogens is 1. The van der Waals surface area contributed by atoms with Gasteiger partial charge in [0.1, 0.15) is 39.8 Å². The van der Waals surface area contributed by atoms with E-state index < -0.39 is 22.7 Å². The van der Waals surface area contributed by atoms with Gasteiger partial charge in [0.25, 0.3) is 0 Å². The molecule has 178 valence electrons. The predicted octanol–water partition coefficient (Wildman–Crippen LogP) is 4.09. The number of benzene rings is 1. The summed E-state index contributed by atoms with van der Waals surface area (Å²) in [6.07, 6.45) is 5.78. The molecule has 5 rings (SSSR count). The van der Waals surface area contributed by atoms with Crippen LogP contribution in [-0.2, 0) is 15.0 Å². The van der Waals surface area contributed by atoms with Gasteiger partial charge in [-0.05, 0) is 26.8 Å². The van der Waals surface area contributed by atoms with Gasteiger partial charge in [-0.1, -0.05) is 0 Å². The summed E-state index contributed by atoms with van der Waals surface area (Å²) < 4.78 is 10.9.